The number of anilines is 1. The molecule has 1 heterocycles. The van der Waals surface area contributed by atoms with E-state index in [1.165, 1.54) is 0 Å². The standard InChI is InChI=1S/C13H18N2O2.ClH/c1-9-7-15(8-10(2)17-9)13(16)11-3-5-12(14)6-4-11;/h3-6,9-10H,7-8,14H2,1-2H3;1H/t9-,10+;. The van der Waals surface area contributed by atoms with Crippen LogP contribution in [0.4, 0.5) is 5.69 Å². The second-order valence-corrected chi connectivity index (χ2v) is 4.59. The summed E-state index contributed by atoms with van der Waals surface area (Å²) >= 11 is 0. The zero-order valence-electron chi connectivity index (χ0n) is 10.6. The summed E-state index contributed by atoms with van der Waals surface area (Å²) in [5, 5.41) is 0. The first kappa shape index (κ1) is 14.8. The third-order valence-electron chi connectivity index (χ3n) is 2.86. The van der Waals surface area contributed by atoms with Crippen molar-refractivity contribution in [2.45, 2.75) is 26.1 Å². The van der Waals surface area contributed by atoms with Crippen molar-refractivity contribution in [2.75, 3.05) is 18.8 Å². The van der Waals surface area contributed by atoms with Crippen molar-refractivity contribution in [3.8, 4) is 0 Å². The van der Waals surface area contributed by atoms with Gasteiger partial charge in [-0.25, -0.2) is 0 Å². The number of nitrogens with two attached hydrogens (primary N) is 1. The Labute approximate surface area is 114 Å². The zero-order valence-corrected chi connectivity index (χ0v) is 11.4. The minimum absolute atomic E-state index is 0. The molecule has 1 aromatic rings. The molecule has 2 N–H and O–H groups in total. The number of nitrogens with zero attached hydrogens (tertiary/aromatic N) is 1. The third kappa shape index (κ3) is 3.37. The number of morpholine rings is 1. The van der Waals surface area contributed by atoms with Crippen LogP contribution in [0.25, 0.3) is 0 Å². The molecule has 0 bridgehead atoms. The molecule has 0 spiro atoms. The fraction of sp³-hybridized carbons (Fsp3) is 0.462. The molecule has 0 unspecified atom stereocenters. The Bertz CT molecular complexity index is 398. The maximum absolute atomic E-state index is 12.2. The molecule has 1 aliphatic rings. The normalized spacial score (nSPS) is 23.3. The number of hydrogen-bond acceptors (Lipinski definition) is 3. The molecule has 1 saturated heterocycles. The average molecular weight is 271 g/mol. The lowest BCUT2D eigenvalue weighted by Gasteiger charge is -2.35. The molecule has 0 aromatic heterocycles. The molecule has 0 radical (unpaired) electrons. The van der Waals surface area contributed by atoms with Crippen LogP contribution in [-0.2, 0) is 4.74 Å². The van der Waals surface area contributed by atoms with Gasteiger partial charge in [0.05, 0.1) is 12.2 Å². The molecule has 1 amide bonds. The molecular weight excluding hydrogens is 252 g/mol. The van der Waals surface area contributed by atoms with Crippen molar-refractivity contribution in [2.24, 2.45) is 0 Å². The molecule has 100 valence electrons. The molecular formula is C13H19ClN2O2. The minimum Gasteiger partial charge on any atom is -0.399 e. The van der Waals surface area contributed by atoms with E-state index in [1.807, 2.05) is 18.7 Å². The van der Waals surface area contributed by atoms with Crippen LogP contribution in [-0.4, -0.2) is 36.1 Å². The van der Waals surface area contributed by atoms with Crippen LogP contribution in [0.3, 0.4) is 0 Å². The predicted octanol–water partition coefficient (Wildman–Crippen LogP) is 1.94. The van der Waals surface area contributed by atoms with Gasteiger partial charge in [0.1, 0.15) is 0 Å². The summed E-state index contributed by atoms with van der Waals surface area (Å²) in [6.07, 6.45) is 0.188. The maximum atomic E-state index is 12.2. The highest BCUT2D eigenvalue weighted by Gasteiger charge is 2.26. The molecule has 1 aromatic carbocycles. The van der Waals surface area contributed by atoms with Gasteiger partial charge in [0.15, 0.2) is 0 Å². The monoisotopic (exact) mass is 270 g/mol. The number of carbonyl (C=O) groups excluding carboxylic acids is 1. The second-order valence-electron chi connectivity index (χ2n) is 4.59. The van der Waals surface area contributed by atoms with Crippen LogP contribution in [0.15, 0.2) is 24.3 Å². The second kappa shape index (κ2) is 6.07. The molecule has 2 atom stereocenters. The van der Waals surface area contributed by atoms with E-state index in [2.05, 4.69) is 0 Å². The minimum atomic E-state index is 0. The van der Waals surface area contributed by atoms with Gasteiger partial charge in [-0.2, -0.15) is 0 Å². The first-order valence-electron chi connectivity index (χ1n) is 5.86. The summed E-state index contributed by atoms with van der Waals surface area (Å²) < 4.78 is 5.61. The van der Waals surface area contributed by atoms with Crippen LogP contribution in [0.5, 0.6) is 0 Å². The first-order chi connectivity index (χ1) is 8.06. The van der Waals surface area contributed by atoms with E-state index in [1.54, 1.807) is 24.3 Å². The molecule has 18 heavy (non-hydrogen) atoms. The molecule has 1 fully saturated rings. The van der Waals surface area contributed by atoms with E-state index in [9.17, 15) is 4.79 Å². The molecule has 4 nitrogen and oxygen atoms in total. The SMILES string of the molecule is C[C@@H]1CN(C(=O)c2ccc(N)cc2)C[C@H](C)O1.Cl. The maximum Gasteiger partial charge on any atom is 0.254 e. The van der Waals surface area contributed by atoms with E-state index < -0.39 is 0 Å². The van der Waals surface area contributed by atoms with Crippen molar-refractivity contribution in [1.29, 1.82) is 0 Å². The summed E-state index contributed by atoms with van der Waals surface area (Å²) in [6, 6.07) is 7.03. The number of rotatable bonds is 1. The van der Waals surface area contributed by atoms with Crippen LogP contribution in [0.1, 0.15) is 24.2 Å². The fourth-order valence-corrected chi connectivity index (χ4v) is 2.15. The predicted molar refractivity (Wildman–Crippen MR) is 74.0 cm³/mol. The van der Waals surface area contributed by atoms with Gasteiger partial charge >= 0.3 is 0 Å². The highest BCUT2D eigenvalue weighted by molar-refractivity contribution is 5.94. The van der Waals surface area contributed by atoms with Gasteiger partial charge in [-0.3, -0.25) is 4.79 Å². The van der Waals surface area contributed by atoms with Gasteiger partial charge < -0.3 is 15.4 Å². The van der Waals surface area contributed by atoms with E-state index in [0.29, 0.717) is 24.3 Å². The van der Waals surface area contributed by atoms with Crippen molar-refractivity contribution in [1.82, 2.24) is 4.90 Å². The Morgan fingerprint density at radius 2 is 1.72 bits per heavy atom. The Balaban J connectivity index is 0.00000162. The lowest BCUT2D eigenvalue weighted by atomic mass is 10.1. The molecule has 5 heteroatoms. The number of halogens is 1. The summed E-state index contributed by atoms with van der Waals surface area (Å²) in [5.41, 5.74) is 6.96. The van der Waals surface area contributed by atoms with Gasteiger partial charge in [0.2, 0.25) is 0 Å². The topological polar surface area (TPSA) is 55.6 Å². The zero-order chi connectivity index (χ0) is 12.4. The molecule has 0 saturated carbocycles. The third-order valence-corrected chi connectivity index (χ3v) is 2.86. The summed E-state index contributed by atoms with van der Waals surface area (Å²) in [4.78, 5) is 14.1. The molecule has 1 aliphatic heterocycles. The Morgan fingerprint density at radius 1 is 1.22 bits per heavy atom. The van der Waals surface area contributed by atoms with Crippen LogP contribution >= 0.6 is 12.4 Å². The Morgan fingerprint density at radius 3 is 2.22 bits per heavy atom. The number of amides is 1. The van der Waals surface area contributed by atoms with E-state index in [4.69, 9.17) is 10.5 Å². The lowest BCUT2D eigenvalue weighted by molar-refractivity contribution is -0.0586. The van der Waals surface area contributed by atoms with Crippen LogP contribution < -0.4 is 5.73 Å². The quantitative estimate of drug-likeness (QED) is 0.794. The Kier molecular flexibility index (Phi) is 4.99. The lowest BCUT2D eigenvalue weighted by Crippen LogP contribution is -2.48. The summed E-state index contributed by atoms with van der Waals surface area (Å²) in [7, 11) is 0. The number of hydrogen-bond donors (Lipinski definition) is 1. The largest absolute Gasteiger partial charge is 0.399 e. The fourth-order valence-electron chi connectivity index (χ4n) is 2.15. The highest BCUT2D eigenvalue weighted by Crippen LogP contribution is 2.15. The van der Waals surface area contributed by atoms with Crippen molar-refractivity contribution < 1.29 is 9.53 Å². The van der Waals surface area contributed by atoms with Crippen molar-refractivity contribution >= 4 is 24.0 Å². The van der Waals surface area contributed by atoms with E-state index in [0.717, 1.165) is 0 Å². The number of ether oxygens (including phenoxy) is 1. The van der Waals surface area contributed by atoms with Gasteiger partial charge in [-0.15, -0.1) is 12.4 Å². The van der Waals surface area contributed by atoms with Crippen LogP contribution in [0, 0.1) is 0 Å². The van der Waals surface area contributed by atoms with E-state index in [-0.39, 0.29) is 30.5 Å². The number of nitrogen functional groups attached to an aromatic ring is 1. The van der Waals surface area contributed by atoms with Crippen molar-refractivity contribution in [3.05, 3.63) is 29.8 Å². The summed E-state index contributed by atoms with van der Waals surface area (Å²) in [6.45, 7) is 5.26. The van der Waals surface area contributed by atoms with Gasteiger partial charge in [0, 0.05) is 24.3 Å². The average Bonchev–Trinajstić information content (AvgIpc) is 2.28. The number of benzene rings is 1. The first-order valence-corrected chi connectivity index (χ1v) is 5.86. The molecule has 0 aliphatic carbocycles. The number of carbonyl (C=O) groups is 1. The van der Waals surface area contributed by atoms with Crippen molar-refractivity contribution in [3.63, 3.8) is 0 Å². The van der Waals surface area contributed by atoms with Gasteiger partial charge in [-0.1, -0.05) is 0 Å². The smallest absolute Gasteiger partial charge is 0.254 e. The summed E-state index contributed by atoms with van der Waals surface area (Å²) in [5.74, 6) is 0.0481. The Hall–Kier alpha value is -1.26. The van der Waals surface area contributed by atoms with Gasteiger partial charge in [0.25, 0.3) is 5.91 Å². The van der Waals surface area contributed by atoms with Crippen LogP contribution in [0.2, 0.25) is 0 Å². The molecule has 2 rings (SSSR count). The van der Waals surface area contributed by atoms with E-state index >= 15 is 0 Å². The highest BCUT2D eigenvalue weighted by atomic mass is 35.5. The van der Waals surface area contributed by atoms with Gasteiger partial charge in [-0.05, 0) is 38.1 Å².